The second kappa shape index (κ2) is 4.72. The first kappa shape index (κ1) is 10.7. The molecule has 0 aromatic carbocycles. The molecule has 1 aliphatic heterocycles. The average molecular weight is 185 g/mol. The molecule has 0 amide bonds. The second-order valence-corrected chi connectivity index (χ2v) is 4.03. The van der Waals surface area contributed by atoms with E-state index in [0.717, 1.165) is 26.1 Å². The van der Waals surface area contributed by atoms with Crippen LogP contribution in [0.15, 0.2) is 0 Å². The third kappa shape index (κ3) is 2.78. The van der Waals surface area contributed by atoms with Crippen molar-refractivity contribution in [3.05, 3.63) is 0 Å². The fourth-order valence-corrected chi connectivity index (χ4v) is 1.69. The van der Waals surface area contributed by atoms with Gasteiger partial charge in [-0.1, -0.05) is 13.8 Å². The molecule has 0 bridgehead atoms. The highest BCUT2D eigenvalue weighted by Gasteiger charge is 2.27. The maximum absolute atomic E-state index is 11.6. The summed E-state index contributed by atoms with van der Waals surface area (Å²) in [6, 6.07) is -0.274. The van der Waals surface area contributed by atoms with Gasteiger partial charge in [-0.3, -0.25) is 4.79 Å². The van der Waals surface area contributed by atoms with E-state index in [1.807, 2.05) is 13.8 Å². The molecule has 0 unspecified atom stereocenters. The van der Waals surface area contributed by atoms with E-state index in [-0.39, 0.29) is 17.7 Å². The number of Topliss-reactive ketones (excluding diaryl/α,β-unsaturated/α-hetero) is 1. The summed E-state index contributed by atoms with van der Waals surface area (Å²) in [4.78, 5) is 11.6. The van der Waals surface area contributed by atoms with Crippen LogP contribution in [0.25, 0.3) is 0 Å². The number of rotatable bonds is 3. The van der Waals surface area contributed by atoms with Gasteiger partial charge < -0.3 is 10.5 Å². The minimum Gasteiger partial charge on any atom is -0.381 e. The number of carbonyl (C=O) groups excluding carboxylic acids is 1. The van der Waals surface area contributed by atoms with Gasteiger partial charge in [0, 0.05) is 19.1 Å². The Labute approximate surface area is 79.6 Å². The zero-order chi connectivity index (χ0) is 9.84. The molecular formula is C10H19NO2. The molecule has 0 aliphatic carbocycles. The van der Waals surface area contributed by atoms with Crippen LogP contribution in [0.1, 0.15) is 26.7 Å². The number of ether oxygens (including phenoxy) is 1. The van der Waals surface area contributed by atoms with Crippen molar-refractivity contribution in [2.45, 2.75) is 32.7 Å². The molecule has 1 fully saturated rings. The van der Waals surface area contributed by atoms with Gasteiger partial charge >= 0.3 is 0 Å². The molecule has 0 aromatic rings. The summed E-state index contributed by atoms with van der Waals surface area (Å²) in [5.41, 5.74) is 5.89. The fourth-order valence-electron chi connectivity index (χ4n) is 1.69. The summed E-state index contributed by atoms with van der Waals surface area (Å²) in [5, 5.41) is 0. The Morgan fingerprint density at radius 3 is 2.38 bits per heavy atom. The van der Waals surface area contributed by atoms with Crippen molar-refractivity contribution >= 4 is 5.78 Å². The van der Waals surface area contributed by atoms with Crippen LogP contribution in [0.2, 0.25) is 0 Å². The number of hydrogen-bond donors (Lipinski definition) is 1. The molecule has 1 saturated heterocycles. The average Bonchev–Trinajstić information content (AvgIpc) is 2.17. The summed E-state index contributed by atoms with van der Waals surface area (Å²) in [5.74, 6) is 0.577. The Bertz CT molecular complexity index is 174. The summed E-state index contributed by atoms with van der Waals surface area (Å²) in [7, 11) is 0. The molecule has 3 nitrogen and oxygen atoms in total. The highest BCUT2D eigenvalue weighted by atomic mass is 16.5. The lowest BCUT2D eigenvalue weighted by Crippen LogP contribution is -2.42. The maximum Gasteiger partial charge on any atom is 0.152 e. The molecule has 0 radical (unpaired) electrons. The standard InChI is InChI=1S/C10H19NO2/c1-7(2)10(12)9(11)8-3-5-13-6-4-8/h7-9H,3-6,11H2,1-2H3/t9-/m0/s1. The molecule has 2 N–H and O–H groups in total. The lowest BCUT2D eigenvalue weighted by Gasteiger charge is -2.27. The van der Waals surface area contributed by atoms with E-state index < -0.39 is 0 Å². The van der Waals surface area contributed by atoms with Crippen LogP contribution < -0.4 is 5.73 Å². The fraction of sp³-hybridized carbons (Fsp3) is 0.900. The van der Waals surface area contributed by atoms with E-state index in [0.29, 0.717) is 5.92 Å². The molecular weight excluding hydrogens is 166 g/mol. The highest BCUT2D eigenvalue weighted by Crippen LogP contribution is 2.19. The van der Waals surface area contributed by atoms with Crippen molar-refractivity contribution < 1.29 is 9.53 Å². The van der Waals surface area contributed by atoms with Gasteiger partial charge in [-0.25, -0.2) is 0 Å². The van der Waals surface area contributed by atoms with Crippen LogP contribution in [0.4, 0.5) is 0 Å². The number of carbonyl (C=O) groups is 1. The largest absolute Gasteiger partial charge is 0.381 e. The number of nitrogens with two attached hydrogens (primary N) is 1. The molecule has 1 heterocycles. The van der Waals surface area contributed by atoms with Crippen molar-refractivity contribution in [1.82, 2.24) is 0 Å². The van der Waals surface area contributed by atoms with Gasteiger partial charge in [-0.15, -0.1) is 0 Å². The Kier molecular flexibility index (Phi) is 3.88. The Morgan fingerprint density at radius 2 is 1.92 bits per heavy atom. The molecule has 0 aromatic heterocycles. The molecule has 1 rings (SSSR count). The monoisotopic (exact) mass is 185 g/mol. The first-order valence-corrected chi connectivity index (χ1v) is 5.00. The van der Waals surface area contributed by atoms with Crippen molar-refractivity contribution in [3.8, 4) is 0 Å². The molecule has 13 heavy (non-hydrogen) atoms. The topological polar surface area (TPSA) is 52.3 Å². The summed E-state index contributed by atoms with van der Waals surface area (Å²) in [6.45, 7) is 5.32. The van der Waals surface area contributed by atoms with Gasteiger partial charge in [-0.05, 0) is 18.8 Å². The second-order valence-electron chi connectivity index (χ2n) is 4.03. The van der Waals surface area contributed by atoms with E-state index in [1.165, 1.54) is 0 Å². The van der Waals surface area contributed by atoms with Crippen LogP contribution >= 0.6 is 0 Å². The van der Waals surface area contributed by atoms with E-state index >= 15 is 0 Å². The van der Waals surface area contributed by atoms with Crippen LogP contribution in [0, 0.1) is 11.8 Å². The summed E-state index contributed by atoms with van der Waals surface area (Å²) in [6.07, 6.45) is 1.86. The van der Waals surface area contributed by atoms with Crippen LogP contribution in [0.3, 0.4) is 0 Å². The van der Waals surface area contributed by atoms with Crippen molar-refractivity contribution in [1.29, 1.82) is 0 Å². The smallest absolute Gasteiger partial charge is 0.152 e. The van der Waals surface area contributed by atoms with Crippen LogP contribution in [-0.4, -0.2) is 25.0 Å². The van der Waals surface area contributed by atoms with Crippen LogP contribution in [0.5, 0.6) is 0 Å². The summed E-state index contributed by atoms with van der Waals surface area (Å²) < 4.78 is 5.22. The Hall–Kier alpha value is -0.410. The highest BCUT2D eigenvalue weighted by molar-refractivity contribution is 5.85. The molecule has 3 heteroatoms. The Morgan fingerprint density at radius 1 is 1.38 bits per heavy atom. The molecule has 1 atom stereocenters. The van der Waals surface area contributed by atoms with Gasteiger partial charge in [0.05, 0.1) is 6.04 Å². The predicted molar refractivity (Wildman–Crippen MR) is 51.4 cm³/mol. The van der Waals surface area contributed by atoms with Gasteiger partial charge in [0.2, 0.25) is 0 Å². The van der Waals surface area contributed by atoms with Gasteiger partial charge in [0.15, 0.2) is 5.78 Å². The lowest BCUT2D eigenvalue weighted by atomic mass is 9.86. The van der Waals surface area contributed by atoms with Crippen molar-refractivity contribution in [2.24, 2.45) is 17.6 Å². The third-order valence-electron chi connectivity index (χ3n) is 2.67. The minimum atomic E-state index is -0.274. The number of hydrogen-bond acceptors (Lipinski definition) is 3. The van der Waals surface area contributed by atoms with Crippen molar-refractivity contribution in [2.75, 3.05) is 13.2 Å². The first-order valence-electron chi connectivity index (χ1n) is 5.00. The van der Waals surface area contributed by atoms with E-state index in [9.17, 15) is 4.79 Å². The van der Waals surface area contributed by atoms with E-state index in [4.69, 9.17) is 10.5 Å². The first-order chi connectivity index (χ1) is 6.13. The number of ketones is 1. The SMILES string of the molecule is CC(C)C(=O)[C@@H](N)C1CCOCC1. The zero-order valence-corrected chi connectivity index (χ0v) is 8.45. The predicted octanol–water partition coefficient (Wildman–Crippen LogP) is 0.965. The lowest BCUT2D eigenvalue weighted by molar-refractivity contribution is -0.125. The molecule has 76 valence electrons. The molecule has 1 aliphatic rings. The van der Waals surface area contributed by atoms with Crippen LogP contribution in [-0.2, 0) is 9.53 Å². The van der Waals surface area contributed by atoms with Crippen molar-refractivity contribution in [3.63, 3.8) is 0 Å². The Balaban J connectivity index is 2.45. The minimum absolute atomic E-state index is 0.0536. The zero-order valence-electron chi connectivity index (χ0n) is 8.45. The molecule has 0 saturated carbocycles. The third-order valence-corrected chi connectivity index (χ3v) is 2.67. The molecule has 0 spiro atoms. The van der Waals surface area contributed by atoms with Gasteiger partial charge in [-0.2, -0.15) is 0 Å². The quantitative estimate of drug-likeness (QED) is 0.712. The van der Waals surface area contributed by atoms with E-state index in [1.54, 1.807) is 0 Å². The maximum atomic E-state index is 11.6. The normalized spacial score (nSPS) is 21.8. The summed E-state index contributed by atoms with van der Waals surface area (Å²) >= 11 is 0. The van der Waals surface area contributed by atoms with Gasteiger partial charge in [0.25, 0.3) is 0 Å². The van der Waals surface area contributed by atoms with E-state index in [2.05, 4.69) is 0 Å². The van der Waals surface area contributed by atoms with Gasteiger partial charge in [0.1, 0.15) is 0 Å².